The van der Waals surface area contributed by atoms with Gasteiger partial charge in [-0.25, -0.2) is 4.79 Å². The van der Waals surface area contributed by atoms with Crippen LogP contribution in [0.5, 0.6) is 0 Å². The highest BCUT2D eigenvalue weighted by molar-refractivity contribution is 5.86. The molecule has 0 fully saturated rings. The summed E-state index contributed by atoms with van der Waals surface area (Å²) in [4.78, 5) is 10.8. The van der Waals surface area contributed by atoms with E-state index in [-0.39, 0.29) is 5.97 Å². The standard InChI is InChI=1S/C10H14O2/c1-4-5-6-7-8-12-10(11)9(2)3/h4,6-7H,1-2,5,8H2,3H3/b7-6-. The van der Waals surface area contributed by atoms with Crippen molar-refractivity contribution < 1.29 is 9.53 Å². The van der Waals surface area contributed by atoms with Crippen molar-refractivity contribution in [2.24, 2.45) is 0 Å². The lowest BCUT2D eigenvalue weighted by Crippen LogP contribution is -2.04. The Morgan fingerprint density at radius 2 is 2.17 bits per heavy atom. The van der Waals surface area contributed by atoms with Crippen LogP contribution in [0.25, 0.3) is 0 Å². The van der Waals surface area contributed by atoms with Crippen LogP contribution in [0.15, 0.2) is 37.0 Å². The first kappa shape index (κ1) is 10.7. The first-order valence-corrected chi connectivity index (χ1v) is 3.77. The largest absolute Gasteiger partial charge is 0.458 e. The van der Waals surface area contributed by atoms with Crippen molar-refractivity contribution in [3.63, 3.8) is 0 Å². The first-order chi connectivity index (χ1) is 5.68. The summed E-state index contributed by atoms with van der Waals surface area (Å²) in [5.41, 5.74) is 0.423. The Morgan fingerprint density at radius 1 is 1.50 bits per heavy atom. The van der Waals surface area contributed by atoms with Gasteiger partial charge in [-0.05, 0) is 13.3 Å². The van der Waals surface area contributed by atoms with E-state index in [1.54, 1.807) is 19.1 Å². The fourth-order valence-electron chi connectivity index (χ4n) is 0.507. The maximum atomic E-state index is 10.8. The van der Waals surface area contributed by atoms with Crippen molar-refractivity contribution in [1.82, 2.24) is 0 Å². The Labute approximate surface area is 73.2 Å². The molecule has 0 aliphatic carbocycles. The van der Waals surface area contributed by atoms with E-state index in [4.69, 9.17) is 4.74 Å². The highest BCUT2D eigenvalue weighted by atomic mass is 16.5. The van der Waals surface area contributed by atoms with Crippen molar-refractivity contribution in [2.75, 3.05) is 6.61 Å². The van der Waals surface area contributed by atoms with Gasteiger partial charge in [-0.15, -0.1) is 6.58 Å². The molecule has 0 amide bonds. The van der Waals surface area contributed by atoms with Gasteiger partial charge in [-0.3, -0.25) is 0 Å². The molecule has 0 unspecified atom stereocenters. The second-order valence-electron chi connectivity index (χ2n) is 2.37. The summed E-state index contributed by atoms with van der Waals surface area (Å²) < 4.78 is 4.79. The monoisotopic (exact) mass is 166 g/mol. The summed E-state index contributed by atoms with van der Waals surface area (Å²) >= 11 is 0. The molecule has 0 aliphatic rings. The van der Waals surface area contributed by atoms with E-state index in [9.17, 15) is 4.79 Å². The molecule has 0 radical (unpaired) electrons. The number of hydrogen-bond acceptors (Lipinski definition) is 2. The molecule has 0 saturated carbocycles. The molecule has 0 N–H and O–H groups in total. The molecule has 0 rings (SSSR count). The maximum absolute atomic E-state index is 10.8. The van der Waals surface area contributed by atoms with Gasteiger partial charge in [0.25, 0.3) is 0 Å². The first-order valence-electron chi connectivity index (χ1n) is 3.77. The Kier molecular flexibility index (Phi) is 5.70. The lowest BCUT2D eigenvalue weighted by atomic mass is 10.3. The topological polar surface area (TPSA) is 26.3 Å². The number of allylic oxidation sites excluding steroid dienone is 2. The molecule has 0 aromatic heterocycles. The van der Waals surface area contributed by atoms with Crippen molar-refractivity contribution in [1.29, 1.82) is 0 Å². The summed E-state index contributed by atoms with van der Waals surface area (Å²) in [6, 6.07) is 0. The van der Waals surface area contributed by atoms with Gasteiger partial charge < -0.3 is 4.74 Å². The lowest BCUT2D eigenvalue weighted by molar-refractivity contribution is -0.137. The summed E-state index contributed by atoms with van der Waals surface area (Å²) in [5, 5.41) is 0. The number of carbonyl (C=O) groups is 1. The number of hydrogen-bond donors (Lipinski definition) is 0. The minimum absolute atomic E-state index is 0.305. The maximum Gasteiger partial charge on any atom is 0.333 e. The lowest BCUT2D eigenvalue weighted by Gasteiger charge is -1.98. The molecule has 0 bridgehead atoms. The number of ether oxygens (including phenoxy) is 1. The van der Waals surface area contributed by atoms with E-state index < -0.39 is 0 Å². The van der Waals surface area contributed by atoms with E-state index in [2.05, 4.69) is 13.2 Å². The number of esters is 1. The third-order valence-electron chi connectivity index (χ3n) is 1.13. The Morgan fingerprint density at radius 3 is 2.67 bits per heavy atom. The highest BCUT2D eigenvalue weighted by Gasteiger charge is 1.99. The average molecular weight is 166 g/mol. The van der Waals surface area contributed by atoms with Gasteiger partial charge in [-0.1, -0.05) is 24.8 Å². The van der Waals surface area contributed by atoms with Crippen molar-refractivity contribution in [3.05, 3.63) is 37.0 Å². The summed E-state index contributed by atoms with van der Waals surface area (Å²) in [7, 11) is 0. The van der Waals surface area contributed by atoms with Crippen LogP contribution < -0.4 is 0 Å². The Hall–Kier alpha value is -1.31. The van der Waals surface area contributed by atoms with E-state index in [0.717, 1.165) is 6.42 Å². The molecule has 0 aliphatic heterocycles. The normalized spacial score (nSPS) is 9.75. The summed E-state index contributed by atoms with van der Waals surface area (Å²) in [5.74, 6) is -0.349. The van der Waals surface area contributed by atoms with Gasteiger partial charge >= 0.3 is 5.97 Å². The minimum Gasteiger partial charge on any atom is -0.458 e. The molecule has 0 saturated heterocycles. The van der Waals surface area contributed by atoms with Crippen LogP contribution >= 0.6 is 0 Å². The van der Waals surface area contributed by atoms with E-state index in [0.29, 0.717) is 12.2 Å². The molecule has 0 aromatic carbocycles. The van der Waals surface area contributed by atoms with Gasteiger partial charge in [-0.2, -0.15) is 0 Å². The van der Waals surface area contributed by atoms with Gasteiger partial charge in [0.2, 0.25) is 0 Å². The van der Waals surface area contributed by atoms with Crippen LogP contribution in [0.1, 0.15) is 13.3 Å². The summed E-state index contributed by atoms with van der Waals surface area (Å²) in [6.07, 6.45) is 6.24. The summed E-state index contributed by atoms with van der Waals surface area (Å²) in [6.45, 7) is 8.93. The molecular weight excluding hydrogens is 152 g/mol. The molecule has 0 aromatic rings. The van der Waals surface area contributed by atoms with Gasteiger partial charge in [0, 0.05) is 5.57 Å². The van der Waals surface area contributed by atoms with Crippen LogP contribution in [0.4, 0.5) is 0 Å². The highest BCUT2D eigenvalue weighted by Crippen LogP contribution is 1.92. The molecule has 66 valence electrons. The van der Waals surface area contributed by atoms with Crippen LogP contribution in [-0.2, 0) is 9.53 Å². The van der Waals surface area contributed by atoms with E-state index >= 15 is 0 Å². The van der Waals surface area contributed by atoms with Gasteiger partial charge in [0.15, 0.2) is 0 Å². The predicted molar refractivity (Wildman–Crippen MR) is 49.7 cm³/mol. The molecule has 2 heteroatoms. The molecule has 2 nitrogen and oxygen atoms in total. The Balaban J connectivity index is 3.49. The van der Waals surface area contributed by atoms with E-state index in [1.807, 2.05) is 6.08 Å². The zero-order valence-electron chi connectivity index (χ0n) is 7.38. The minimum atomic E-state index is -0.349. The van der Waals surface area contributed by atoms with Crippen LogP contribution in [0.2, 0.25) is 0 Å². The number of rotatable bonds is 5. The average Bonchev–Trinajstić information content (AvgIpc) is 2.03. The predicted octanol–water partition coefficient (Wildman–Crippen LogP) is 2.24. The van der Waals surface area contributed by atoms with Crippen molar-refractivity contribution in [2.45, 2.75) is 13.3 Å². The van der Waals surface area contributed by atoms with Crippen LogP contribution in [-0.4, -0.2) is 12.6 Å². The fourth-order valence-corrected chi connectivity index (χ4v) is 0.507. The smallest absolute Gasteiger partial charge is 0.333 e. The molecule has 0 atom stereocenters. The molecule has 12 heavy (non-hydrogen) atoms. The SMILES string of the molecule is C=CC/C=C\COC(=O)C(=C)C. The molecule has 0 heterocycles. The number of carbonyl (C=O) groups excluding carboxylic acids is 1. The van der Waals surface area contributed by atoms with Crippen molar-refractivity contribution in [3.8, 4) is 0 Å². The quantitative estimate of drug-likeness (QED) is 0.355. The third kappa shape index (κ3) is 5.47. The van der Waals surface area contributed by atoms with Crippen LogP contribution in [0, 0.1) is 0 Å². The zero-order valence-corrected chi connectivity index (χ0v) is 7.38. The zero-order chi connectivity index (χ0) is 9.40. The Bertz CT molecular complexity index is 202. The van der Waals surface area contributed by atoms with Gasteiger partial charge in [0.05, 0.1) is 0 Å². The second-order valence-corrected chi connectivity index (χ2v) is 2.37. The van der Waals surface area contributed by atoms with Crippen LogP contribution in [0.3, 0.4) is 0 Å². The van der Waals surface area contributed by atoms with E-state index in [1.165, 1.54) is 0 Å². The fraction of sp³-hybridized carbons (Fsp3) is 0.300. The van der Waals surface area contributed by atoms with Crippen molar-refractivity contribution >= 4 is 5.97 Å². The second kappa shape index (κ2) is 6.40. The van der Waals surface area contributed by atoms with Gasteiger partial charge in [0.1, 0.15) is 6.61 Å². The molecule has 0 spiro atoms. The molecular formula is C10H14O2. The third-order valence-corrected chi connectivity index (χ3v) is 1.13.